The number of likely N-dealkylation sites (N-methyl/N-ethyl adjacent to an activating group) is 1. The van der Waals surface area contributed by atoms with Gasteiger partial charge < -0.3 is 15.2 Å². The Labute approximate surface area is 176 Å². The maximum Gasteiger partial charge on any atom is 0.319 e. The number of aryl methyl sites for hydroxylation is 1. The molecule has 0 radical (unpaired) electrons. The van der Waals surface area contributed by atoms with Crippen LogP contribution >= 0.6 is 11.3 Å². The van der Waals surface area contributed by atoms with Crippen molar-refractivity contribution in [1.82, 2.24) is 14.8 Å². The van der Waals surface area contributed by atoms with Crippen LogP contribution in [0.2, 0.25) is 0 Å². The fourth-order valence-electron chi connectivity index (χ4n) is 3.92. The highest BCUT2D eigenvalue weighted by molar-refractivity contribution is 7.15. The first kappa shape index (κ1) is 19.7. The van der Waals surface area contributed by atoms with Crippen molar-refractivity contribution in [2.24, 2.45) is 0 Å². The van der Waals surface area contributed by atoms with Gasteiger partial charge in [0.05, 0.1) is 6.04 Å². The lowest BCUT2D eigenvalue weighted by atomic mass is 9.98. The topological polar surface area (TPSA) is 49.3 Å². The van der Waals surface area contributed by atoms with Crippen molar-refractivity contribution in [1.29, 1.82) is 0 Å². The number of amides is 2. The molecule has 0 saturated carbocycles. The van der Waals surface area contributed by atoms with E-state index in [1.165, 1.54) is 26.6 Å². The molecule has 29 heavy (non-hydrogen) atoms. The number of hydrogen-bond acceptors (Lipinski definition) is 3. The number of hydrogen-bond donors (Lipinski definition) is 2. The van der Waals surface area contributed by atoms with Gasteiger partial charge in [0.1, 0.15) is 5.00 Å². The molecule has 1 aliphatic rings. The van der Waals surface area contributed by atoms with Gasteiger partial charge in [-0.05, 0) is 56.6 Å². The third kappa shape index (κ3) is 4.23. The summed E-state index contributed by atoms with van der Waals surface area (Å²) in [6.45, 7) is 9.46. The SMILES string of the molecule is CCN1CCc2c(sc(-n3cccc3)c2[C@@H](C)NC(=O)Nc2ccc(C)cc2)C1. The minimum absolute atomic E-state index is 0.0778. The summed E-state index contributed by atoms with van der Waals surface area (Å²) in [5.41, 5.74) is 4.63. The van der Waals surface area contributed by atoms with Crippen molar-refractivity contribution in [3.8, 4) is 5.00 Å². The first-order valence-electron chi connectivity index (χ1n) is 10.2. The molecule has 2 amide bonds. The lowest BCUT2D eigenvalue weighted by Crippen LogP contribution is -2.33. The van der Waals surface area contributed by atoms with E-state index in [2.05, 4.69) is 46.3 Å². The second-order valence-electron chi connectivity index (χ2n) is 7.62. The van der Waals surface area contributed by atoms with Crippen LogP contribution in [-0.4, -0.2) is 28.6 Å². The Hall–Kier alpha value is -2.57. The number of anilines is 1. The number of aromatic nitrogens is 1. The second kappa shape index (κ2) is 8.43. The minimum atomic E-state index is -0.175. The molecule has 0 bridgehead atoms. The maximum atomic E-state index is 12.6. The molecule has 6 heteroatoms. The number of thiophene rings is 1. The van der Waals surface area contributed by atoms with E-state index in [-0.39, 0.29) is 12.1 Å². The van der Waals surface area contributed by atoms with Gasteiger partial charge in [-0.3, -0.25) is 4.90 Å². The van der Waals surface area contributed by atoms with Crippen LogP contribution in [0.4, 0.5) is 10.5 Å². The van der Waals surface area contributed by atoms with Gasteiger partial charge in [0.2, 0.25) is 0 Å². The minimum Gasteiger partial charge on any atom is -0.331 e. The molecule has 0 aliphatic carbocycles. The smallest absolute Gasteiger partial charge is 0.319 e. The van der Waals surface area contributed by atoms with Crippen LogP contribution in [0.5, 0.6) is 0 Å². The Bertz CT molecular complexity index is 975. The highest BCUT2D eigenvalue weighted by Crippen LogP contribution is 2.39. The van der Waals surface area contributed by atoms with Gasteiger partial charge in [0.25, 0.3) is 0 Å². The first-order valence-corrected chi connectivity index (χ1v) is 11.0. The third-order valence-corrected chi connectivity index (χ3v) is 6.78. The van der Waals surface area contributed by atoms with E-state index in [1.807, 2.05) is 54.7 Å². The normalized spacial score (nSPS) is 15.0. The zero-order chi connectivity index (χ0) is 20.4. The van der Waals surface area contributed by atoms with Crippen LogP contribution in [0.1, 0.15) is 41.5 Å². The monoisotopic (exact) mass is 408 g/mol. The number of carbonyl (C=O) groups is 1. The second-order valence-corrected chi connectivity index (χ2v) is 8.70. The molecule has 5 nitrogen and oxygen atoms in total. The van der Waals surface area contributed by atoms with E-state index >= 15 is 0 Å². The third-order valence-electron chi connectivity index (χ3n) is 5.53. The lowest BCUT2D eigenvalue weighted by molar-refractivity contribution is 0.249. The number of rotatable bonds is 5. The molecule has 3 aromatic rings. The van der Waals surface area contributed by atoms with E-state index in [1.54, 1.807) is 0 Å². The Balaban J connectivity index is 1.58. The zero-order valence-electron chi connectivity index (χ0n) is 17.2. The number of nitrogens with zero attached hydrogens (tertiary/aromatic N) is 2. The Morgan fingerprint density at radius 2 is 1.93 bits per heavy atom. The van der Waals surface area contributed by atoms with Crippen molar-refractivity contribution >= 4 is 23.1 Å². The summed E-state index contributed by atoms with van der Waals surface area (Å²) in [5.74, 6) is 0. The molecule has 1 aliphatic heterocycles. The van der Waals surface area contributed by atoms with Crippen LogP contribution in [0, 0.1) is 6.92 Å². The van der Waals surface area contributed by atoms with E-state index in [0.29, 0.717) is 0 Å². The molecule has 3 heterocycles. The van der Waals surface area contributed by atoms with E-state index in [0.717, 1.165) is 31.7 Å². The molecule has 0 fully saturated rings. The predicted octanol–water partition coefficient (Wildman–Crippen LogP) is 5.11. The van der Waals surface area contributed by atoms with Crippen LogP contribution in [0.25, 0.3) is 5.00 Å². The summed E-state index contributed by atoms with van der Waals surface area (Å²) in [7, 11) is 0. The van der Waals surface area contributed by atoms with Crippen molar-refractivity contribution in [3.05, 3.63) is 70.4 Å². The Kier molecular flexibility index (Phi) is 5.74. The van der Waals surface area contributed by atoms with Gasteiger partial charge in [0.15, 0.2) is 0 Å². The average molecular weight is 409 g/mol. The fourth-order valence-corrected chi connectivity index (χ4v) is 5.37. The maximum absolute atomic E-state index is 12.6. The number of fused-ring (bicyclic) bond motifs is 1. The number of nitrogens with one attached hydrogen (secondary N) is 2. The van der Waals surface area contributed by atoms with Crippen molar-refractivity contribution in [3.63, 3.8) is 0 Å². The number of urea groups is 1. The number of carbonyl (C=O) groups excluding carboxylic acids is 1. The Morgan fingerprint density at radius 1 is 1.21 bits per heavy atom. The van der Waals surface area contributed by atoms with Crippen molar-refractivity contribution < 1.29 is 4.79 Å². The largest absolute Gasteiger partial charge is 0.331 e. The highest BCUT2D eigenvalue weighted by Gasteiger charge is 2.27. The van der Waals surface area contributed by atoms with E-state index in [9.17, 15) is 4.79 Å². The molecule has 2 aromatic heterocycles. The molecule has 1 atom stereocenters. The molecule has 0 spiro atoms. The lowest BCUT2D eigenvalue weighted by Gasteiger charge is -2.26. The quantitative estimate of drug-likeness (QED) is 0.616. The summed E-state index contributed by atoms with van der Waals surface area (Å²) < 4.78 is 2.17. The molecular formula is C23H28N4OS. The molecule has 152 valence electrons. The summed E-state index contributed by atoms with van der Waals surface area (Å²) in [5, 5.41) is 7.31. The van der Waals surface area contributed by atoms with Gasteiger partial charge in [-0.25, -0.2) is 4.79 Å². The summed E-state index contributed by atoms with van der Waals surface area (Å²) in [4.78, 5) is 16.5. The van der Waals surface area contributed by atoms with Crippen molar-refractivity contribution in [2.75, 3.05) is 18.4 Å². The fraction of sp³-hybridized carbons (Fsp3) is 0.348. The standard InChI is InChI=1S/C23H28N4OS/c1-4-26-14-11-19-20(15-26)29-22(27-12-5-6-13-27)21(19)17(3)24-23(28)25-18-9-7-16(2)8-10-18/h5-10,12-13,17H,4,11,14-15H2,1-3H3,(H2,24,25,28)/t17-/m1/s1. The van der Waals surface area contributed by atoms with Gasteiger partial charge in [0, 0.05) is 41.6 Å². The van der Waals surface area contributed by atoms with Crippen LogP contribution in [0.3, 0.4) is 0 Å². The number of benzene rings is 1. The van der Waals surface area contributed by atoms with Gasteiger partial charge in [-0.1, -0.05) is 24.6 Å². The van der Waals surface area contributed by atoms with Crippen LogP contribution in [0.15, 0.2) is 48.8 Å². The van der Waals surface area contributed by atoms with Crippen molar-refractivity contribution in [2.45, 2.75) is 39.8 Å². The predicted molar refractivity (Wildman–Crippen MR) is 120 cm³/mol. The molecule has 4 rings (SSSR count). The van der Waals surface area contributed by atoms with Gasteiger partial charge in [-0.2, -0.15) is 0 Å². The molecular weight excluding hydrogens is 380 g/mol. The molecule has 1 aromatic carbocycles. The summed E-state index contributed by atoms with van der Waals surface area (Å²) in [6.07, 6.45) is 5.19. The molecule has 2 N–H and O–H groups in total. The van der Waals surface area contributed by atoms with E-state index in [4.69, 9.17) is 0 Å². The van der Waals surface area contributed by atoms with E-state index < -0.39 is 0 Å². The van der Waals surface area contributed by atoms with Gasteiger partial charge in [-0.15, -0.1) is 11.3 Å². The summed E-state index contributed by atoms with van der Waals surface area (Å²) in [6, 6.07) is 11.7. The highest BCUT2D eigenvalue weighted by atomic mass is 32.1. The van der Waals surface area contributed by atoms with Gasteiger partial charge >= 0.3 is 6.03 Å². The van der Waals surface area contributed by atoms with Crippen LogP contribution in [-0.2, 0) is 13.0 Å². The summed E-state index contributed by atoms with van der Waals surface area (Å²) >= 11 is 1.85. The zero-order valence-corrected chi connectivity index (χ0v) is 18.1. The first-order chi connectivity index (χ1) is 14.0. The average Bonchev–Trinajstić information content (AvgIpc) is 3.36. The molecule has 0 unspecified atom stereocenters. The Morgan fingerprint density at radius 3 is 2.62 bits per heavy atom. The van der Waals surface area contributed by atoms with Crippen LogP contribution < -0.4 is 10.6 Å². The molecule has 0 saturated heterocycles.